The fourth-order valence-corrected chi connectivity index (χ4v) is 2.33. The first kappa shape index (κ1) is 12.0. The van der Waals surface area contributed by atoms with Gasteiger partial charge in [-0.15, -0.1) is 0 Å². The third-order valence-corrected chi connectivity index (χ3v) is 3.11. The Kier molecular flexibility index (Phi) is 5.45. The summed E-state index contributed by atoms with van der Waals surface area (Å²) in [6.45, 7) is 4.94. The molecule has 0 radical (unpaired) electrons. The molecule has 2 atom stereocenters. The molecule has 1 aliphatic rings. The van der Waals surface area contributed by atoms with E-state index in [-0.39, 0.29) is 6.10 Å². The van der Waals surface area contributed by atoms with Crippen molar-refractivity contribution in [3.63, 3.8) is 0 Å². The molecule has 0 spiro atoms. The normalized spacial score (nSPS) is 26.4. The standard InChI is InChI=1S/C11H24N2O/c1-3-10-6-4-5-7-13(10)9-11(14)8-12-2/h10-12,14H,3-9H2,1-2H3. The van der Waals surface area contributed by atoms with E-state index in [0.717, 1.165) is 6.54 Å². The van der Waals surface area contributed by atoms with Crippen LogP contribution >= 0.6 is 0 Å². The van der Waals surface area contributed by atoms with Gasteiger partial charge in [-0.1, -0.05) is 13.3 Å². The van der Waals surface area contributed by atoms with Gasteiger partial charge in [0.15, 0.2) is 0 Å². The average molecular weight is 200 g/mol. The van der Waals surface area contributed by atoms with Crippen LogP contribution in [0.3, 0.4) is 0 Å². The topological polar surface area (TPSA) is 35.5 Å². The zero-order valence-electron chi connectivity index (χ0n) is 9.50. The van der Waals surface area contributed by atoms with Crippen molar-refractivity contribution in [2.45, 2.75) is 44.8 Å². The molecule has 1 rings (SSSR count). The summed E-state index contributed by atoms with van der Waals surface area (Å²) in [4.78, 5) is 2.45. The number of nitrogens with zero attached hydrogens (tertiary/aromatic N) is 1. The van der Waals surface area contributed by atoms with Crippen molar-refractivity contribution in [3.8, 4) is 0 Å². The van der Waals surface area contributed by atoms with Gasteiger partial charge in [0.25, 0.3) is 0 Å². The molecule has 1 heterocycles. The summed E-state index contributed by atoms with van der Waals surface area (Å²) < 4.78 is 0. The number of rotatable bonds is 5. The van der Waals surface area contributed by atoms with Gasteiger partial charge in [0, 0.05) is 19.1 Å². The number of likely N-dealkylation sites (tertiary alicyclic amines) is 1. The number of piperidine rings is 1. The molecular weight excluding hydrogens is 176 g/mol. The van der Waals surface area contributed by atoms with Gasteiger partial charge in [-0.3, -0.25) is 4.90 Å². The maximum atomic E-state index is 9.71. The van der Waals surface area contributed by atoms with Gasteiger partial charge >= 0.3 is 0 Å². The molecule has 14 heavy (non-hydrogen) atoms. The van der Waals surface area contributed by atoms with Crippen LogP contribution in [0.4, 0.5) is 0 Å². The van der Waals surface area contributed by atoms with Crippen molar-refractivity contribution in [1.82, 2.24) is 10.2 Å². The van der Waals surface area contributed by atoms with Crippen LogP contribution in [0.2, 0.25) is 0 Å². The van der Waals surface area contributed by atoms with Crippen LogP contribution in [0.15, 0.2) is 0 Å². The highest BCUT2D eigenvalue weighted by Crippen LogP contribution is 2.19. The van der Waals surface area contributed by atoms with E-state index in [9.17, 15) is 5.11 Å². The van der Waals surface area contributed by atoms with Crippen molar-refractivity contribution in [2.75, 3.05) is 26.7 Å². The van der Waals surface area contributed by atoms with Gasteiger partial charge in [-0.25, -0.2) is 0 Å². The number of hydrogen-bond donors (Lipinski definition) is 2. The fraction of sp³-hybridized carbons (Fsp3) is 1.00. The average Bonchev–Trinajstić information content (AvgIpc) is 2.19. The van der Waals surface area contributed by atoms with Crippen LogP contribution in [0, 0.1) is 0 Å². The van der Waals surface area contributed by atoms with Gasteiger partial charge in [0.1, 0.15) is 0 Å². The number of aliphatic hydroxyl groups excluding tert-OH is 1. The summed E-state index contributed by atoms with van der Waals surface area (Å²) in [6, 6.07) is 0.704. The second-order valence-electron chi connectivity index (χ2n) is 4.26. The van der Waals surface area contributed by atoms with E-state index >= 15 is 0 Å². The van der Waals surface area contributed by atoms with E-state index in [1.807, 2.05) is 7.05 Å². The monoisotopic (exact) mass is 200 g/mol. The lowest BCUT2D eigenvalue weighted by atomic mass is 9.99. The highest BCUT2D eigenvalue weighted by molar-refractivity contribution is 4.78. The number of aliphatic hydroxyl groups is 1. The lowest BCUT2D eigenvalue weighted by Gasteiger charge is -2.36. The second kappa shape index (κ2) is 6.38. The molecule has 3 nitrogen and oxygen atoms in total. The van der Waals surface area contributed by atoms with Gasteiger partial charge in [0.2, 0.25) is 0 Å². The SMILES string of the molecule is CCC1CCCCN1CC(O)CNC. The van der Waals surface area contributed by atoms with Crippen molar-refractivity contribution in [2.24, 2.45) is 0 Å². The lowest BCUT2D eigenvalue weighted by Crippen LogP contribution is -2.45. The first-order chi connectivity index (χ1) is 6.77. The van der Waals surface area contributed by atoms with E-state index in [1.54, 1.807) is 0 Å². The molecule has 3 heteroatoms. The summed E-state index contributed by atoms with van der Waals surface area (Å²) in [5.74, 6) is 0. The molecular formula is C11H24N2O. The van der Waals surface area contributed by atoms with Crippen LogP contribution in [-0.4, -0.2) is 48.8 Å². The minimum absolute atomic E-state index is 0.216. The minimum Gasteiger partial charge on any atom is -0.390 e. The number of hydrogen-bond acceptors (Lipinski definition) is 3. The summed E-state index contributed by atoms with van der Waals surface area (Å²) in [5.41, 5.74) is 0. The summed E-state index contributed by atoms with van der Waals surface area (Å²) in [5, 5.41) is 12.7. The molecule has 0 aromatic rings. The number of β-amino-alcohol motifs (C(OH)–C–C–N with tert-alkyl or cyclic N) is 1. The van der Waals surface area contributed by atoms with Crippen molar-refractivity contribution in [3.05, 3.63) is 0 Å². The second-order valence-corrected chi connectivity index (χ2v) is 4.26. The molecule has 1 saturated heterocycles. The van der Waals surface area contributed by atoms with Gasteiger partial charge < -0.3 is 10.4 Å². The Balaban J connectivity index is 2.32. The molecule has 0 aromatic carbocycles. The molecule has 84 valence electrons. The summed E-state index contributed by atoms with van der Waals surface area (Å²) in [7, 11) is 1.89. The van der Waals surface area contributed by atoms with Crippen LogP contribution in [0.5, 0.6) is 0 Å². The van der Waals surface area contributed by atoms with Crippen molar-refractivity contribution >= 4 is 0 Å². The largest absolute Gasteiger partial charge is 0.390 e. The third-order valence-electron chi connectivity index (χ3n) is 3.11. The van der Waals surface area contributed by atoms with Crippen LogP contribution in [-0.2, 0) is 0 Å². The predicted octanol–water partition coefficient (Wildman–Crippen LogP) is 0.831. The first-order valence-corrected chi connectivity index (χ1v) is 5.84. The van der Waals surface area contributed by atoms with E-state index in [2.05, 4.69) is 17.1 Å². The number of nitrogens with one attached hydrogen (secondary N) is 1. The Hall–Kier alpha value is -0.120. The Morgan fingerprint density at radius 3 is 2.93 bits per heavy atom. The Labute approximate surface area is 87.5 Å². The smallest absolute Gasteiger partial charge is 0.0791 e. The van der Waals surface area contributed by atoms with Gasteiger partial charge in [-0.05, 0) is 32.9 Å². The first-order valence-electron chi connectivity index (χ1n) is 5.84. The fourth-order valence-electron chi connectivity index (χ4n) is 2.33. The van der Waals surface area contributed by atoms with E-state index in [0.29, 0.717) is 12.6 Å². The Morgan fingerprint density at radius 1 is 1.50 bits per heavy atom. The maximum absolute atomic E-state index is 9.71. The summed E-state index contributed by atoms with van der Waals surface area (Å²) in [6.07, 6.45) is 4.96. The Morgan fingerprint density at radius 2 is 2.29 bits per heavy atom. The molecule has 0 saturated carbocycles. The molecule has 0 aromatic heterocycles. The van der Waals surface area contributed by atoms with Gasteiger partial charge in [0.05, 0.1) is 6.10 Å². The highest BCUT2D eigenvalue weighted by Gasteiger charge is 2.22. The van der Waals surface area contributed by atoms with Crippen LogP contribution in [0.25, 0.3) is 0 Å². The quantitative estimate of drug-likeness (QED) is 0.690. The molecule has 1 fully saturated rings. The molecule has 1 aliphatic heterocycles. The van der Waals surface area contributed by atoms with Crippen LogP contribution in [0.1, 0.15) is 32.6 Å². The van der Waals surface area contributed by atoms with Crippen LogP contribution < -0.4 is 5.32 Å². The highest BCUT2D eigenvalue weighted by atomic mass is 16.3. The minimum atomic E-state index is -0.216. The van der Waals surface area contributed by atoms with E-state index < -0.39 is 0 Å². The Bertz CT molecular complexity index is 152. The zero-order valence-corrected chi connectivity index (χ0v) is 9.50. The molecule has 0 aliphatic carbocycles. The molecule has 0 bridgehead atoms. The zero-order chi connectivity index (χ0) is 10.4. The predicted molar refractivity (Wildman–Crippen MR) is 59.4 cm³/mol. The van der Waals surface area contributed by atoms with E-state index in [4.69, 9.17) is 0 Å². The van der Waals surface area contributed by atoms with Crippen molar-refractivity contribution in [1.29, 1.82) is 0 Å². The number of likely N-dealkylation sites (N-methyl/N-ethyl adjacent to an activating group) is 1. The maximum Gasteiger partial charge on any atom is 0.0791 e. The third kappa shape index (κ3) is 3.56. The molecule has 0 amide bonds. The summed E-state index contributed by atoms with van der Waals surface area (Å²) >= 11 is 0. The van der Waals surface area contributed by atoms with E-state index in [1.165, 1.54) is 32.2 Å². The molecule has 2 unspecified atom stereocenters. The lowest BCUT2D eigenvalue weighted by molar-refractivity contribution is 0.0667. The van der Waals surface area contributed by atoms with Crippen molar-refractivity contribution < 1.29 is 5.11 Å². The van der Waals surface area contributed by atoms with Gasteiger partial charge in [-0.2, -0.15) is 0 Å². The molecule has 2 N–H and O–H groups in total.